The summed E-state index contributed by atoms with van der Waals surface area (Å²) < 4.78 is 33.9. The normalized spacial score (nSPS) is 30.0. The van der Waals surface area contributed by atoms with Crippen molar-refractivity contribution in [2.45, 2.75) is 37.5 Å². The zero-order valence-corrected chi connectivity index (χ0v) is 13.7. The highest BCUT2D eigenvalue weighted by atomic mass is 32.2. The van der Waals surface area contributed by atoms with E-state index in [4.69, 9.17) is 8.92 Å². The van der Waals surface area contributed by atoms with Crippen LogP contribution in [0.4, 0.5) is 0 Å². The molecule has 0 amide bonds. The van der Waals surface area contributed by atoms with Crippen LogP contribution in [0, 0.1) is 0 Å². The third-order valence-electron chi connectivity index (χ3n) is 4.40. The van der Waals surface area contributed by atoms with Crippen molar-refractivity contribution in [1.29, 1.82) is 0 Å². The Kier molecular flexibility index (Phi) is 4.54. The van der Waals surface area contributed by atoms with E-state index in [9.17, 15) is 8.42 Å². The Labute approximate surface area is 132 Å². The van der Waals surface area contributed by atoms with E-state index in [0.717, 1.165) is 32.3 Å². The minimum Gasteiger partial charge on any atom is -0.373 e. The van der Waals surface area contributed by atoms with Crippen LogP contribution in [0.25, 0.3) is 0 Å². The zero-order chi connectivity index (χ0) is 15.6. The highest BCUT2D eigenvalue weighted by molar-refractivity contribution is 7.86. The van der Waals surface area contributed by atoms with Crippen molar-refractivity contribution >= 4 is 10.1 Å². The van der Waals surface area contributed by atoms with Crippen molar-refractivity contribution < 1.29 is 17.3 Å². The summed E-state index contributed by atoms with van der Waals surface area (Å²) in [5.41, 5.74) is 1.04. The smallest absolute Gasteiger partial charge is 0.264 e. The van der Waals surface area contributed by atoms with Crippen LogP contribution in [-0.2, 0) is 25.6 Å². The number of nitrogens with zero attached hydrogens (tertiary/aromatic N) is 1. The van der Waals surface area contributed by atoms with Crippen molar-refractivity contribution in [3.05, 3.63) is 35.9 Å². The lowest BCUT2D eigenvalue weighted by Crippen LogP contribution is -2.45. The molecule has 0 unspecified atom stereocenters. The first-order chi connectivity index (χ1) is 10.4. The van der Waals surface area contributed by atoms with Crippen LogP contribution >= 0.6 is 0 Å². The Bertz CT molecular complexity index is 604. The van der Waals surface area contributed by atoms with Gasteiger partial charge in [0.1, 0.15) is 0 Å². The molecule has 1 aromatic carbocycles. The van der Waals surface area contributed by atoms with Crippen LogP contribution in [0.2, 0.25) is 0 Å². The molecule has 1 aromatic rings. The molecular weight excluding hydrogens is 302 g/mol. The first-order valence-electron chi connectivity index (χ1n) is 7.73. The molecule has 5 nitrogen and oxygen atoms in total. The second kappa shape index (κ2) is 6.28. The summed E-state index contributed by atoms with van der Waals surface area (Å²) in [4.78, 5) is 2.37. The van der Waals surface area contributed by atoms with E-state index in [2.05, 4.69) is 17.0 Å². The summed E-state index contributed by atoms with van der Waals surface area (Å²) in [5, 5.41) is 0. The molecule has 0 aromatic heterocycles. The molecule has 2 aliphatic rings. The molecule has 0 radical (unpaired) electrons. The third-order valence-corrected chi connectivity index (χ3v) is 5.02. The highest BCUT2D eigenvalue weighted by Crippen LogP contribution is 2.36. The van der Waals surface area contributed by atoms with Gasteiger partial charge in [-0.3, -0.25) is 9.08 Å². The van der Waals surface area contributed by atoms with Crippen LogP contribution in [0.5, 0.6) is 0 Å². The molecule has 2 aliphatic heterocycles. The highest BCUT2D eigenvalue weighted by Gasteiger charge is 2.44. The van der Waals surface area contributed by atoms with Crippen molar-refractivity contribution in [2.24, 2.45) is 0 Å². The average Bonchev–Trinajstić information content (AvgIpc) is 2.80. The average molecular weight is 325 g/mol. The van der Waals surface area contributed by atoms with Crippen molar-refractivity contribution in [2.75, 3.05) is 26.0 Å². The maximum Gasteiger partial charge on any atom is 0.264 e. The molecule has 2 atom stereocenters. The molecule has 6 heteroatoms. The van der Waals surface area contributed by atoms with Gasteiger partial charge >= 0.3 is 0 Å². The lowest BCUT2D eigenvalue weighted by atomic mass is 9.91. The quantitative estimate of drug-likeness (QED) is 0.790. The fraction of sp³-hybridized carbons (Fsp3) is 0.625. The molecule has 2 fully saturated rings. The Balaban J connectivity index is 1.60. The SMILES string of the molecule is CS(=O)(=O)O[C@H]1CCO[C@@]2(CCN(Cc3ccccc3)C2)C1. The van der Waals surface area contributed by atoms with Gasteiger partial charge in [0, 0.05) is 32.7 Å². The fourth-order valence-corrected chi connectivity index (χ4v) is 4.16. The first kappa shape index (κ1) is 15.9. The summed E-state index contributed by atoms with van der Waals surface area (Å²) in [6, 6.07) is 10.4. The van der Waals surface area contributed by atoms with E-state index in [1.54, 1.807) is 0 Å². The van der Waals surface area contributed by atoms with Gasteiger partial charge in [-0.15, -0.1) is 0 Å². The minimum absolute atomic E-state index is 0.248. The predicted molar refractivity (Wildman–Crippen MR) is 84.0 cm³/mol. The fourth-order valence-electron chi connectivity index (χ4n) is 3.50. The Morgan fingerprint density at radius 3 is 2.86 bits per heavy atom. The van der Waals surface area contributed by atoms with Gasteiger partial charge in [0.05, 0.1) is 18.0 Å². The van der Waals surface area contributed by atoms with E-state index in [1.807, 2.05) is 18.2 Å². The van der Waals surface area contributed by atoms with Gasteiger partial charge in [0.25, 0.3) is 10.1 Å². The predicted octanol–water partition coefficient (Wildman–Crippen LogP) is 1.79. The van der Waals surface area contributed by atoms with Gasteiger partial charge in [0.15, 0.2) is 0 Å². The molecule has 2 saturated heterocycles. The standard InChI is InChI=1S/C16H23NO4S/c1-22(18,19)21-15-7-10-20-16(11-15)8-9-17(13-16)12-14-5-3-2-4-6-14/h2-6,15H,7-13H2,1H3/t15-,16-/m0/s1. The van der Waals surface area contributed by atoms with Crippen LogP contribution in [0.3, 0.4) is 0 Å². The monoisotopic (exact) mass is 325 g/mol. The number of hydrogen-bond donors (Lipinski definition) is 0. The van der Waals surface area contributed by atoms with Crippen molar-refractivity contribution in [3.8, 4) is 0 Å². The maximum atomic E-state index is 11.3. The zero-order valence-electron chi connectivity index (χ0n) is 12.9. The van der Waals surface area contributed by atoms with E-state index in [0.29, 0.717) is 19.4 Å². The van der Waals surface area contributed by atoms with Crippen LogP contribution in [-0.4, -0.2) is 51.0 Å². The molecular formula is C16H23NO4S. The number of rotatable bonds is 4. The summed E-state index contributed by atoms with van der Waals surface area (Å²) in [5.74, 6) is 0. The number of benzene rings is 1. The molecule has 3 rings (SSSR count). The summed E-state index contributed by atoms with van der Waals surface area (Å²) in [7, 11) is -3.40. The van der Waals surface area contributed by atoms with E-state index < -0.39 is 10.1 Å². The minimum atomic E-state index is -3.40. The Morgan fingerprint density at radius 1 is 1.36 bits per heavy atom. The molecule has 2 heterocycles. The number of ether oxygens (including phenoxy) is 1. The maximum absolute atomic E-state index is 11.3. The van der Waals surface area contributed by atoms with Crippen LogP contribution in [0.15, 0.2) is 30.3 Å². The van der Waals surface area contributed by atoms with Crippen LogP contribution < -0.4 is 0 Å². The van der Waals surface area contributed by atoms with E-state index in [-0.39, 0.29) is 11.7 Å². The molecule has 0 aliphatic carbocycles. The third kappa shape index (κ3) is 4.07. The lowest BCUT2D eigenvalue weighted by molar-refractivity contribution is -0.103. The Hall–Kier alpha value is -0.950. The largest absolute Gasteiger partial charge is 0.373 e. The summed E-state index contributed by atoms with van der Waals surface area (Å²) >= 11 is 0. The summed E-state index contributed by atoms with van der Waals surface area (Å²) in [6.45, 7) is 3.29. The first-order valence-corrected chi connectivity index (χ1v) is 9.54. The number of hydrogen-bond acceptors (Lipinski definition) is 5. The Morgan fingerprint density at radius 2 is 2.14 bits per heavy atom. The molecule has 0 saturated carbocycles. The van der Waals surface area contributed by atoms with Gasteiger partial charge in [-0.1, -0.05) is 30.3 Å². The van der Waals surface area contributed by atoms with Crippen molar-refractivity contribution in [1.82, 2.24) is 4.90 Å². The molecule has 0 N–H and O–H groups in total. The topological polar surface area (TPSA) is 55.8 Å². The molecule has 0 bridgehead atoms. The van der Waals surface area contributed by atoms with Gasteiger partial charge in [-0.2, -0.15) is 8.42 Å². The van der Waals surface area contributed by atoms with Gasteiger partial charge in [0.2, 0.25) is 0 Å². The summed E-state index contributed by atoms with van der Waals surface area (Å²) in [6.07, 6.45) is 3.11. The molecule has 1 spiro atoms. The molecule has 122 valence electrons. The second-order valence-corrected chi connectivity index (χ2v) is 7.99. The van der Waals surface area contributed by atoms with Gasteiger partial charge < -0.3 is 4.74 Å². The van der Waals surface area contributed by atoms with E-state index in [1.165, 1.54) is 5.56 Å². The van der Waals surface area contributed by atoms with E-state index >= 15 is 0 Å². The van der Waals surface area contributed by atoms with Crippen molar-refractivity contribution in [3.63, 3.8) is 0 Å². The number of likely N-dealkylation sites (tertiary alicyclic amines) is 1. The van der Waals surface area contributed by atoms with Crippen LogP contribution in [0.1, 0.15) is 24.8 Å². The van der Waals surface area contributed by atoms with Gasteiger partial charge in [-0.05, 0) is 18.4 Å². The van der Waals surface area contributed by atoms with Gasteiger partial charge in [-0.25, -0.2) is 0 Å². The molecule has 22 heavy (non-hydrogen) atoms. The lowest BCUT2D eigenvalue weighted by Gasteiger charge is -2.37. The second-order valence-electron chi connectivity index (χ2n) is 6.39.